The molecule has 4 aliphatic carbocycles. The number of hydrogen-bond donors (Lipinski definition) is 0. The Morgan fingerprint density at radius 3 is 2.79 bits per heavy atom. The third-order valence-electron chi connectivity index (χ3n) is 7.26. The van der Waals surface area contributed by atoms with Crippen LogP contribution in [0.1, 0.15) is 58.8 Å². The smallest absolute Gasteiger partial charge is 0.139 e. The summed E-state index contributed by atoms with van der Waals surface area (Å²) in [6.07, 6.45) is 10.5. The van der Waals surface area contributed by atoms with Crippen LogP contribution in [0.2, 0.25) is 0 Å². The lowest BCUT2D eigenvalue weighted by Crippen LogP contribution is -2.51. The minimum Gasteiger partial charge on any atom is -0.498 e. The van der Waals surface area contributed by atoms with Crippen LogP contribution in [0.4, 0.5) is 0 Å². The number of allylic oxidation sites excluding steroid dienone is 4. The summed E-state index contributed by atoms with van der Waals surface area (Å²) in [5.74, 6) is 3.09. The standard InChI is InChI=1S/C21H28O3/c1-3-21-12-18(22)20-15-8-6-14(24-4-2)11-13(15)5-7-16(20)17(21)9-10-19(21)23/h5,11,15-17,20H,3-4,6-10,12H2,1-2H3/t15?,16?,17?,20?,21-/m0/s1. The van der Waals surface area contributed by atoms with Gasteiger partial charge in [-0.15, -0.1) is 0 Å². The van der Waals surface area contributed by atoms with Gasteiger partial charge >= 0.3 is 0 Å². The molecular formula is C21H28O3. The third-order valence-corrected chi connectivity index (χ3v) is 7.26. The lowest BCUT2D eigenvalue weighted by Gasteiger charge is -2.50. The van der Waals surface area contributed by atoms with Crippen LogP contribution < -0.4 is 0 Å². The summed E-state index contributed by atoms with van der Waals surface area (Å²) in [6.45, 7) is 4.83. The molecule has 0 N–H and O–H groups in total. The van der Waals surface area contributed by atoms with Crippen molar-refractivity contribution >= 4 is 11.6 Å². The second-order valence-corrected chi connectivity index (χ2v) is 8.04. The van der Waals surface area contributed by atoms with Crippen molar-refractivity contribution in [2.45, 2.75) is 58.8 Å². The molecule has 4 rings (SSSR count). The van der Waals surface area contributed by atoms with Gasteiger partial charge in [0.25, 0.3) is 0 Å². The van der Waals surface area contributed by atoms with Gasteiger partial charge < -0.3 is 4.74 Å². The normalized spacial score (nSPS) is 41.1. The average molecular weight is 328 g/mol. The predicted octanol–water partition coefficient (Wildman–Crippen LogP) is 4.23. The second kappa shape index (κ2) is 5.86. The zero-order valence-corrected chi connectivity index (χ0v) is 14.8. The van der Waals surface area contributed by atoms with Crippen LogP contribution in [0, 0.1) is 29.1 Å². The van der Waals surface area contributed by atoms with E-state index in [4.69, 9.17) is 4.74 Å². The Hall–Kier alpha value is -1.38. The molecule has 0 amide bonds. The lowest BCUT2D eigenvalue weighted by molar-refractivity contribution is -0.146. The molecule has 0 heterocycles. The molecule has 0 aromatic rings. The molecule has 0 aromatic carbocycles. The van der Waals surface area contributed by atoms with Crippen molar-refractivity contribution in [2.24, 2.45) is 29.1 Å². The van der Waals surface area contributed by atoms with Crippen LogP contribution >= 0.6 is 0 Å². The minimum atomic E-state index is -0.329. The van der Waals surface area contributed by atoms with E-state index >= 15 is 0 Å². The fourth-order valence-electron chi connectivity index (χ4n) is 6.21. The summed E-state index contributed by atoms with van der Waals surface area (Å²) in [5, 5.41) is 0. The molecule has 0 aromatic heterocycles. The summed E-state index contributed by atoms with van der Waals surface area (Å²) >= 11 is 0. The maximum atomic E-state index is 13.1. The number of ether oxygens (including phenoxy) is 1. The van der Waals surface area contributed by atoms with Crippen molar-refractivity contribution < 1.29 is 14.3 Å². The number of Topliss-reactive ketones (excluding diaryl/α,β-unsaturated/α-hetero) is 2. The van der Waals surface area contributed by atoms with Crippen molar-refractivity contribution in [2.75, 3.05) is 6.61 Å². The van der Waals surface area contributed by atoms with Crippen molar-refractivity contribution in [3.63, 3.8) is 0 Å². The van der Waals surface area contributed by atoms with Gasteiger partial charge in [0.05, 0.1) is 12.4 Å². The van der Waals surface area contributed by atoms with Crippen LogP contribution in [-0.2, 0) is 14.3 Å². The van der Waals surface area contributed by atoms with Gasteiger partial charge in [0.15, 0.2) is 0 Å². The van der Waals surface area contributed by atoms with Gasteiger partial charge in [0, 0.05) is 30.6 Å². The summed E-state index contributed by atoms with van der Waals surface area (Å²) in [5.41, 5.74) is 0.984. The SMILES string of the molecule is CCOC1=CC2=CCC3C(C(=O)C[C@]4(CC)C(=O)CCC34)C2CC1. The minimum absolute atomic E-state index is 0.139. The quantitative estimate of drug-likeness (QED) is 0.779. The van der Waals surface area contributed by atoms with E-state index in [1.165, 1.54) is 5.57 Å². The van der Waals surface area contributed by atoms with Crippen LogP contribution in [0.25, 0.3) is 0 Å². The number of carbonyl (C=O) groups excluding carboxylic acids is 2. The molecule has 5 atom stereocenters. The second-order valence-electron chi connectivity index (χ2n) is 8.04. The summed E-state index contributed by atoms with van der Waals surface area (Å²) in [4.78, 5) is 25.7. The molecule has 2 fully saturated rings. The van der Waals surface area contributed by atoms with Crippen LogP contribution in [-0.4, -0.2) is 18.2 Å². The summed E-state index contributed by atoms with van der Waals surface area (Å²) in [6, 6.07) is 0. The van der Waals surface area contributed by atoms with Gasteiger partial charge in [-0.05, 0) is 62.0 Å². The molecule has 2 saturated carbocycles. The van der Waals surface area contributed by atoms with E-state index in [2.05, 4.69) is 19.1 Å². The van der Waals surface area contributed by atoms with E-state index in [0.717, 1.165) is 37.9 Å². The summed E-state index contributed by atoms with van der Waals surface area (Å²) < 4.78 is 5.70. The Balaban J connectivity index is 1.68. The van der Waals surface area contributed by atoms with E-state index in [1.807, 2.05) is 6.92 Å². The molecule has 0 aliphatic heterocycles. The predicted molar refractivity (Wildman–Crippen MR) is 92.2 cm³/mol. The van der Waals surface area contributed by atoms with Gasteiger partial charge in [0.1, 0.15) is 11.6 Å². The Kier molecular flexibility index (Phi) is 3.93. The van der Waals surface area contributed by atoms with Crippen LogP contribution in [0.5, 0.6) is 0 Å². The Labute approximate surface area is 144 Å². The first-order chi connectivity index (χ1) is 11.6. The molecule has 0 saturated heterocycles. The largest absolute Gasteiger partial charge is 0.498 e. The molecule has 4 aliphatic rings. The molecule has 24 heavy (non-hydrogen) atoms. The Bertz CT molecular complexity index is 629. The first-order valence-corrected chi connectivity index (χ1v) is 9.70. The van der Waals surface area contributed by atoms with Gasteiger partial charge in [-0.2, -0.15) is 0 Å². The molecule has 130 valence electrons. The van der Waals surface area contributed by atoms with Gasteiger partial charge in [0.2, 0.25) is 0 Å². The topological polar surface area (TPSA) is 43.4 Å². The maximum Gasteiger partial charge on any atom is 0.139 e. The molecule has 0 bridgehead atoms. The van der Waals surface area contributed by atoms with Crippen molar-refractivity contribution in [3.05, 3.63) is 23.5 Å². The van der Waals surface area contributed by atoms with E-state index < -0.39 is 0 Å². The van der Waals surface area contributed by atoms with Crippen LogP contribution in [0.15, 0.2) is 23.5 Å². The first-order valence-electron chi connectivity index (χ1n) is 9.70. The highest BCUT2D eigenvalue weighted by molar-refractivity contribution is 5.95. The number of fused-ring (bicyclic) bond motifs is 5. The fraction of sp³-hybridized carbons (Fsp3) is 0.714. The van der Waals surface area contributed by atoms with E-state index in [9.17, 15) is 9.59 Å². The molecule has 3 heteroatoms. The Morgan fingerprint density at radius 1 is 1.21 bits per heavy atom. The monoisotopic (exact) mass is 328 g/mol. The molecule has 0 spiro atoms. The number of rotatable bonds is 3. The number of carbonyl (C=O) groups is 2. The highest BCUT2D eigenvalue weighted by Crippen LogP contribution is 2.60. The van der Waals surface area contributed by atoms with E-state index in [1.54, 1.807) is 0 Å². The molecule has 4 unspecified atom stereocenters. The van der Waals surface area contributed by atoms with Crippen LogP contribution in [0.3, 0.4) is 0 Å². The zero-order valence-electron chi connectivity index (χ0n) is 14.8. The lowest BCUT2D eigenvalue weighted by atomic mass is 9.52. The highest BCUT2D eigenvalue weighted by Gasteiger charge is 2.60. The molecule has 0 radical (unpaired) electrons. The number of ketones is 2. The first kappa shape index (κ1) is 16.1. The van der Waals surface area contributed by atoms with Gasteiger partial charge in [-0.3, -0.25) is 9.59 Å². The molecular weight excluding hydrogens is 300 g/mol. The van der Waals surface area contributed by atoms with Gasteiger partial charge in [-0.25, -0.2) is 0 Å². The van der Waals surface area contributed by atoms with E-state index in [0.29, 0.717) is 48.8 Å². The average Bonchev–Trinajstić information content (AvgIpc) is 2.92. The van der Waals surface area contributed by atoms with Crippen molar-refractivity contribution in [1.29, 1.82) is 0 Å². The zero-order chi connectivity index (χ0) is 16.9. The maximum absolute atomic E-state index is 13.1. The number of hydrogen-bond acceptors (Lipinski definition) is 3. The van der Waals surface area contributed by atoms with Crippen molar-refractivity contribution in [3.8, 4) is 0 Å². The Morgan fingerprint density at radius 2 is 2.04 bits per heavy atom. The third kappa shape index (κ3) is 2.16. The summed E-state index contributed by atoms with van der Waals surface area (Å²) in [7, 11) is 0. The van der Waals surface area contributed by atoms with Gasteiger partial charge in [-0.1, -0.05) is 13.0 Å². The fourth-order valence-corrected chi connectivity index (χ4v) is 6.21. The van der Waals surface area contributed by atoms with E-state index in [-0.39, 0.29) is 11.3 Å². The highest BCUT2D eigenvalue weighted by atomic mass is 16.5. The molecule has 3 nitrogen and oxygen atoms in total. The van der Waals surface area contributed by atoms with Crippen molar-refractivity contribution in [1.82, 2.24) is 0 Å².